The Morgan fingerprint density at radius 2 is 2.04 bits per heavy atom. The first-order valence-corrected chi connectivity index (χ1v) is 9.63. The van der Waals surface area contributed by atoms with Gasteiger partial charge in [0.1, 0.15) is 5.54 Å². The second-order valence-corrected chi connectivity index (χ2v) is 7.98. The number of nitrogens with zero attached hydrogens (tertiary/aromatic N) is 1. The molecule has 1 spiro atoms. The third-order valence-electron chi connectivity index (χ3n) is 5.96. The van der Waals surface area contributed by atoms with E-state index in [-0.39, 0.29) is 11.8 Å². The van der Waals surface area contributed by atoms with E-state index < -0.39 is 35.4 Å². The highest BCUT2D eigenvalue weighted by molar-refractivity contribution is 6.31. The number of anilines is 1. The summed E-state index contributed by atoms with van der Waals surface area (Å²) in [5.74, 6) is -2.77. The third kappa shape index (κ3) is 2.38. The van der Waals surface area contributed by atoms with Crippen molar-refractivity contribution in [1.82, 2.24) is 10.2 Å². The van der Waals surface area contributed by atoms with E-state index in [1.807, 2.05) is 6.92 Å². The number of fused-ring (bicyclic) bond motifs is 4. The number of carbonyl (C=O) groups excluding carboxylic acids is 3. The zero-order valence-electron chi connectivity index (χ0n) is 15.2. The van der Waals surface area contributed by atoms with Crippen LogP contribution in [0.15, 0.2) is 18.2 Å². The number of halogens is 1. The number of rotatable bonds is 4. The normalized spacial score (nSPS) is 32.8. The average molecular weight is 392 g/mol. The van der Waals surface area contributed by atoms with Gasteiger partial charge in [-0.05, 0) is 31.5 Å². The summed E-state index contributed by atoms with van der Waals surface area (Å²) in [6, 6.07) is 4.30. The van der Waals surface area contributed by atoms with Gasteiger partial charge >= 0.3 is 0 Å². The van der Waals surface area contributed by atoms with E-state index in [1.165, 1.54) is 4.90 Å². The van der Waals surface area contributed by atoms with Crippen LogP contribution in [0.5, 0.6) is 0 Å². The van der Waals surface area contributed by atoms with Crippen molar-refractivity contribution in [2.24, 2.45) is 11.8 Å². The highest BCUT2D eigenvalue weighted by Gasteiger charge is 2.70. The highest BCUT2D eigenvalue weighted by Crippen LogP contribution is 2.53. The predicted molar refractivity (Wildman–Crippen MR) is 99.0 cm³/mol. The summed E-state index contributed by atoms with van der Waals surface area (Å²) in [7, 11) is 0. The zero-order valence-corrected chi connectivity index (χ0v) is 15.9. The molecular formula is C19H22ClN3O4. The van der Waals surface area contributed by atoms with E-state index in [9.17, 15) is 19.5 Å². The van der Waals surface area contributed by atoms with Crippen LogP contribution in [0.2, 0.25) is 5.02 Å². The second-order valence-electron chi connectivity index (χ2n) is 7.55. The van der Waals surface area contributed by atoms with Crippen LogP contribution in [0.3, 0.4) is 0 Å². The van der Waals surface area contributed by atoms with Gasteiger partial charge in [0.25, 0.3) is 0 Å². The molecule has 5 atom stereocenters. The van der Waals surface area contributed by atoms with E-state index >= 15 is 0 Å². The molecule has 3 aliphatic heterocycles. The molecule has 2 fully saturated rings. The molecule has 7 nitrogen and oxygen atoms in total. The lowest BCUT2D eigenvalue weighted by molar-refractivity contribution is -0.143. The Balaban J connectivity index is 1.86. The number of imide groups is 1. The van der Waals surface area contributed by atoms with Crippen LogP contribution in [0.25, 0.3) is 0 Å². The third-order valence-corrected chi connectivity index (χ3v) is 6.19. The SMILES string of the molecule is CCCCN1C(=O)[C@@H]2[C@H]([C@@H](C)O)N[C@]3(C(=O)Nc4ccc(Cl)cc43)[C@@H]2C1=O. The number of aliphatic hydroxyl groups excluding tert-OH is 1. The van der Waals surface area contributed by atoms with Gasteiger partial charge in [0, 0.05) is 28.9 Å². The fourth-order valence-electron chi connectivity index (χ4n) is 4.71. The quantitative estimate of drug-likeness (QED) is 0.671. The Hall–Kier alpha value is -1.96. The molecule has 1 aromatic carbocycles. The van der Waals surface area contributed by atoms with Gasteiger partial charge in [-0.3, -0.25) is 24.6 Å². The van der Waals surface area contributed by atoms with Crippen molar-refractivity contribution in [3.05, 3.63) is 28.8 Å². The average Bonchev–Trinajstić information content (AvgIpc) is 3.20. The van der Waals surface area contributed by atoms with Gasteiger partial charge in [-0.25, -0.2) is 0 Å². The number of hydrogen-bond donors (Lipinski definition) is 3. The number of hydrogen-bond acceptors (Lipinski definition) is 5. The lowest BCUT2D eigenvalue weighted by Crippen LogP contribution is -2.54. The maximum Gasteiger partial charge on any atom is 0.250 e. The molecule has 3 amide bonds. The van der Waals surface area contributed by atoms with E-state index in [0.717, 1.165) is 6.42 Å². The topological polar surface area (TPSA) is 98.7 Å². The Kier molecular flexibility index (Phi) is 4.29. The van der Waals surface area contributed by atoms with Crippen molar-refractivity contribution >= 4 is 35.0 Å². The summed E-state index contributed by atoms with van der Waals surface area (Å²) in [5, 5.41) is 16.7. The summed E-state index contributed by atoms with van der Waals surface area (Å²) in [5.41, 5.74) is -0.286. The molecule has 8 heteroatoms. The second kappa shape index (κ2) is 6.29. The van der Waals surface area contributed by atoms with E-state index in [4.69, 9.17) is 11.6 Å². The monoisotopic (exact) mass is 391 g/mol. The molecule has 0 bridgehead atoms. The van der Waals surface area contributed by atoms with Gasteiger partial charge in [0.2, 0.25) is 17.7 Å². The highest BCUT2D eigenvalue weighted by atomic mass is 35.5. The first kappa shape index (κ1) is 18.4. The van der Waals surface area contributed by atoms with Crippen molar-refractivity contribution < 1.29 is 19.5 Å². The molecule has 0 saturated carbocycles. The fraction of sp³-hybridized carbons (Fsp3) is 0.526. The molecule has 0 radical (unpaired) electrons. The number of nitrogens with one attached hydrogen (secondary N) is 2. The summed E-state index contributed by atoms with van der Waals surface area (Å²) in [4.78, 5) is 40.6. The molecule has 0 aromatic heterocycles. The summed E-state index contributed by atoms with van der Waals surface area (Å²) < 4.78 is 0. The van der Waals surface area contributed by atoms with Crippen LogP contribution in [-0.4, -0.2) is 46.4 Å². The number of benzene rings is 1. The van der Waals surface area contributed by atoms with Crippen molar-refractivity contribution in [2.45, 2.75) is 44.4 Å². The summed E-state index contributed by atoms with van der Waals surface area (Å²) >= 11 is 6.16. The van der Waals surface area contributed by atoms with Gasteiger partial charge in [0.15, 0.2) is 0 Å². The Morgan fingerprint density at radius 1 is 1.30 bits per heavy atom. The molecule has 3 N–H and O–H groups in total. The van der Waals surface area contributed by atoms with E-state index in [0.29, 0.717) is 29.2 Å². The first-order valence-electron chi connectivity index (χ1n) is 9.25. The molecule has 144 valence electrons. The van der Waals surface area contributed by atoms with Gasteiger partial charge in [0.05, 0.1) is 17.9 Å². The molecule has 27 heavy (non-hydrogen) atoms. The van der Waals surface area contributed by atoms with Crippen LogP contribution < -0.4 is 10.6 Å². The van der Waals surface area contributed by atoms with Crippen LogP contribution >= 0.6 is 11.6 Å². The van der Waals surface area contributed by atoms with Gasteiger partial charge in [-0.1, -0.05) is 24.9 Å². The lowest BCUT2D eigenvalue weighted by atomic mass is 9.76. The Labute approximate surface area is 162 Å². The maximum atomic E-state index is 13.2. The minimum absolute atomic E-state index is 0.322. The Bertz CT molecular complexity index is 842. The van der Waals surface area contributed by atoms with E-state index in [2.05, 4.69) is 10.6 Å². The molecule has 4 rings (SSSR count). The van der Waals surface area contributed by atoms with Crippen LogP contribution in [0.4, 0.5) is 5.69 Å². The zero-order chi connectivity index (χ0) is 19.5. The smallest absolute Gasteiger partial charge is 0.250 e. The fourth-order valence-corrected chi connectivity index (χ4v) is 4.89. The Morgan fingerprint density at radius 3 is 2.70 bits per heavy atom. The minimum Gasteiger partial charge on any atom is -0.392 e. The predicted octanol–water partition coefficient (Wildman–Crippen LogP) is 1.24. The molecule has 3 heterocycles. The van der Waals surface area contributed by atoms with E-state index in [1.54, 1.807) is 25.1 Å². The summed E-state index contributed by atoms with van der Waals surface area (Å²) in [6.07, 6.45) is 0.635. The van der Waals surface area contributed by atoms with Crippen LogP contribution in [-0.2, 0) is 19.9 Å². The van der Waals surface area contributed by atoms with Gasteiger partial charge in [-0.15, -0.1) is 0 Å². The van der Waals surface area contributed by atoms with Crippen molar-refractivity contribution in [2.75, 3.05) is 11.9 Å². The number of unbranched alkanes of at least 4 members (excludes halogenated alkanes) is 1. The molecule has 2 saturated heterocycles. The maximum absolute atomic E-state index is 13.2. The molecule has 0 aliphatic carbocycles. The number of carbonyl (C=O) groups is 3. The van der Waals surface area contributed by atoms with Crippen molar-refractivity contribution in [1.29, 1.82) is 0 Å². The summed E-state index contributed by atoms with van der Waals surface area (Å²) in [6.45, 7) is 3.87. The number of aliphatic hydroxyl groups is 1. The molecule has 1 aromatic rings. The first-order chi connectivity index (χ1) is 12.8. The van der Waals surface area contributed by atoms with Crippen molar-refractivity contribution in [3.8, 4) is 0 Å². The molecule has 0 unspecified atom stereocenters. The van der Waals surface area contributed by atoms with Crippen LogP contribution in [0.1, 0.15) is 32.3 Å². The minimum atomic E-state index is -1.40. The largest absolute Gasteiger partial charge is 0.392 e. The van der Waals surface area contributed by atoms with Gasteiger partial charge in [-0.2, -0.15) is 0 Å². The van der Waals surface area contributed by atoms with Crippen molar-refractivity contribution in [3.63, 3.8) is 0 Å². The molecule has 3 aliphatic rings. The van der Waals surface area contributed by atoms with Gasteiger partial charge < -0.3 is 10.4 Å². The van der Waals surface area contributed by atoms with Crippen LogP contribution in [0, 0.1) is 11.8 Å². The molecular weight excluding hydrogens is 370 g/mol. The number of likely N-dealkylation sites (tertiary alicyclic amines) is 1. The lowest BCUT2D eigenvalue weighted by Gasteiger charge is -2.30. The standard InChI is InChI=1S/C19H22ClN3O4/c1-3-4-7-23-16(25)13-14(17(23)26)19(22-15(13)9(2)24)11-8-10(20)5-6-12(11)21-18(19)27/h5-6,8-9,13-15,22,24H,3-4,7H2,1-2H3,(H,21,27)/t9-,13+,14+,15+,19+/m1/s1. The number of amides is 3.